The van der Waals surface area contributed by atoms with Crippen LogP contribution in [0.2, 0.25) is 0 Å². The van der Waals surface area contributed by atoms with Crippen molar-refractivity contribution in [3.63, 3.8) is 0 Å². The molecule has 0 aromatic carbocycles. The number of alkyl halides is 3. The van der Waals surface area contributed by atoms with Gasteiger partial charge in [0.05, 0.1) is 6.61 Å². The van der Waals surface area contributed by atoms with Crippen molar-refractivity contribution in [3.8, 4) is 5.75 Å². The number of hydrogen-bond donors (Lipinski definition) is 1. The van der Waals surface area contributed by atoms with Crippen LogP contribution in [0.3, 0.4) is 0 Å². The minimum absolute atomic E-state index is 0.0278. The number of piperidine rings is 1. The Balaban J connectivity index is 1.25. The molecule has 2 fully saturated rings. The number of fused-ring (bicyclic) bond motifs is 3. The fourth-order valence-electron chi connectivity index (χ4n) is 4.92. The summed E-state index contributed by atoms with van der Waals surface area (Å²) in [4.78, 5) is 15.7. The van der Waals surface area contributed by atoms with Gasteiger partial charge in [-0.15, -0.1) is 5.10 Å². The lowest BCUT2D eigenvalue weighted by Gasteiger charge is -2.38. The molecule has 1 aliphatic heterocycles. The van der Waals surface area contributed by atoms with Crippen molar-refractivity contribution in [1.82, 2.24) is 24.6 Å². The molecule has 176 valence electrons. The van der Waals surface area contributed by atoms with Gasteiger partial charge in [-0.25, -0.2) is 14.5 Å². The van der Waals surface area contributed by atoms with Crippen LogP contribution in [-0.4, -0.2) is 56.5 Å². The molecule has 2 aliphatic rings. The van der Waals surface area contributed by atoms with E-state index in [2.05, 4.69) is 30.3 Å². The fourth-order valence-corrected chi connectivity index (χ4v) is 4.92. The van der Waals surface area contributed by atoms with Gasteiger partial charge < -0.3 is 15.0 Å². The van der Waals surface area contributed by atoms with Gasteiger partial charge in [0.1, 0.15) is 11.6 Å². The molecule has 0 spiro atoms. The molecular formula is C22H26F3N7O. The molecule has 4 heterocycles. The van der Waals surface area contributed by atoms with Gasteiger partial charge in [-0.3, -0.25) is 0 Å². The summed E-state index contributed by atoms with van der Waals surface area (Å²) in [5.41, 5.74) is 0.494. The molecule has 0 radical (unpaired) electrons. The Labute approximate surface area is 189 Å². The van der Waals surface area contributed by atoms with Crippen LogP contribution in [0.15, 0.2) is 30.6 Å². The zero-order valence-electron chi connectivity index (χ0n) is 18.3. The highest BCUT2D eigenvalue weighted by atomic mass is 19.4. The Morgan fingerprint density at radius 2 is 1.94 bits per heavy atom. The highest BCUT2D eigenvalue weighted by molar-refractivity contribution is 5.56. The SMILES string of the molecule is Cc1nccc(N2CC3CC[C@@H](C2)[C@@H]3Nc2nc3c(OCCCC(F)(F)F)cccn3n2)n1. The van der Waals surface area contributed by atoms with Gasteiger partial charge in [0.2, 0.25) is 5.95 Å². The number of halogens is 3. The highest BCUT2D eigenvalue weighted by Crippen LogP contribution is 2.39. The molecule has 1 N–H and O–H groups in total. The monoisotopic (exact) mass is 461 g/mol. The number of pyridine rings is 1. The van der Waals surface area contributed by atoms with Crippen molar-refractivity contribution in [2.75, 3.05) is 29.9 Å². The molecule has 1 saturated heterocycles. The van der Waals surface area contributed by atoms with E-state index in [-0.39, 0.29) is 19.1 Å². The molecule has 33 heavy (non-hydrogen) atoms. The zero-order chi connectivity index (χ0) is 23.0. The smallest absolute Gasteiger partial charge is 0.389 e. The van der Waals surface area contributed by atoms with E-state index in [1.807, 2.05) is 13.0 Å². The summed E-state index contributed by atoms with van der Waals surface area (Å²) >= 11 is 0. The number of nitrogens with zero attached hydrogens (tertiary/aromatic N) is 6. The first-order valence-electron chi connectivity index (χ1n) is 11.2. The normalized spacial score (nSPS) is 22.7. The maximum absolute atomic E-state index is 12.4. The third-order valence-electron chi connectivity index (χ3n) is 6.40. The van der Waals surface area contributed by atoms with E-state index in [0.29, 0.717) is 29.2 Å². The molecule has 3 atom stereocenters. The largest absolute Gasteiger partial charge is 0.490 e. The lowest BCUT2D eigenvalue weighted by molar-refractivity contribution is -0.136. The third-order valence-corrected chi connectivity index (χ3v) is 6.40. The van der Waals surface area contributed by atoms with E-state index in [4.69, 9.17) is 4.74 Å². The standard InChI is InChI=1S/C22H26F3N7O/c1-14-26-9-7-18(27-14)31-12-15-5-6-16(13-31)19(15)28-21-29-20-17(4-2-10-32(20)30-21)33-11-3-8-22(23,24)25/h2,4,7,9-10,15-16,19H,3,5-6,8,11-13H2,1H3,(H,28,30)/t15-,16?,19-/m0/s1. The Morgan fingerprint density at radius 3 is 2.67 bits per heavy atom. The molecule has 11 heteroatoms. The van der Waals surface area contributed by atoms with Crippen molar-refractivity contribution in [2.24, 2.45) is 11.8 Å². The Morgan fingerprint density at radius 1 is 1.15 bits per heavy atom. The molecule has 1 aliphatic carbocycles. The molecule has 1 saturated carbocycles. The van der Waals surface area contributed by atoms with Crippen molar-refractivity contribution in [3.05, 3.63) is 36.4 Å². The van der Waals surface area contributed by atoms with E-state index >= 15 is 0 Å². The molecule has 2 bridgehead atoms. The van der Waals surface area contributed by atoms with Crippen LogP contribution in [0, 0.1) is 18.8 Å². The first-order chi connectivity index (χ1) is 15.9. The van der Waals surface area contributed by atoms with Crippen molar-refractivity contribution in [1.29, 1.82) is 0 Å². The minimum atomic E-state index is -4.18. The van der Waals surface area contributed by atoms with E-state index < -0.39 is 12.6 Å². The van der Waals surface area contributed by atoms with Crippen molar-refractivity contribution >= 4 is 17.4 Å². The molecular weight excluding hydrogens is 435 g/mol. The van der Waals surface area contributed by atoms with Crippen LogP contribution in [0.25, 0.3) is 5.65 Å². The van der Waals surface area contributed by atoms with E-state index in [1.54, 1.807) is 29.0 Å². The van der Waals surface area contributed by atoms with Gasteiger partial charge in [-0.1, -0.05) is 0 Å². The van der Waals surface area contributed by atoms with Gasteiger partial charge >= 0.3 is 6.18 Å². The molecule has 1 unspecified atom stereocenters. The number of nitrogens with one attached hydrogen (secondary N) is 1. The predicted octanol–water partition coefficient (Wildman–Crippen LogP) is 3.88. The number of ether oxygens (including phenoxy) is 1. The van der Waals surface area contributed by atoms with Crippen LogP contribution in [0.5, 0.6) is 5.75 Å². The first kappa shape index (κ1) is 21.7. The van der Waals surface area contributed by atoms with Gasteiger partial charge in [0, 0.05) is 37.9 Å². The average molecular weight is 461 g/mol. The number of anilines is 2. The van der Waals surface area contributed by atoms with Crippen LogP contribution >= 0.6 is 0 Å². The summed E-state index contributed by atoms with van der Waals surface area (Å²) in [5, 5.41) is 8.04. The summed E-state index contributed by atoms with van der Waals surface area (Å²) in [6.07, 6.45) is 0.664. The molecule has 5 rings (SSSR count). The maximum atomic E-state index is 12.4. The predicted molar refractivity (Wildman–Crippen MR) is 116 cm³/mol. The molecule has 0 amide bonds. The molecule has 3 aromatic heterocycles. The van der Waals surface area contributed by atoms with Crippen LogP contribution in [-0.2, 0) is 0 Å². The molecule has 3 aromatic rings. The summed E-state index contributed by atoms with van der Waals surface area (Å²) < 4.78 is 44.3. The first-order valence-corrected chi connectivity index (χ1v) is 11.2. The number of aromatic nitrogens is 5. The van der Waals surface area contributed by atoms with E-state index in [0.717, 1.165) is 37.6 Å². The van der Waals surface area contributed by atoms with Gasteiger partial charge in [0.25, 0.3) is 0 Å². The second-order valence-electron chi connectivity index (χ2n) is 8.78. The van der Waals surface area contributed by atoms with Crippen LogP contribution in [0.4, 0.5) is 24.9 Å². The Kier molecular flexibility index (Phi) is 5.71. The lowest BCUT2D eigenvalue weighted by atomic mass is 9.92. The van der Waals surface area contributed by atoms with Crippen molar-refractivity contribution in [2.45, 2.75) is 44.8 Å². The van der Waals surface area contributed by atoms with Crippen LogP contribution < -0.4 is 15.0 Å². The van der Waals surface area contributed by atoms with Gasteiger partial charge in [-0.05, 0) is 56.2 Å². The van der Waals surface area contributed by atoms with Crippen LogP contribution in [0.1, 0.15) is 31.5 Å². The number of hydrogen-bond acceptors (Lipinski definition) is 7. The number of rotatable bonds is 7. The summed E-state index contributed by atoms with van der Waals surface area (Å²) in [5.74, 6) is 3.57. The summed E-state index contributed by atoms with van der Waals surface area (Å²) in [6.45, 7) is 3.69. The van der Waals surface area contributed by atoms with Crippen molar-refractivity contribution < 1.29 is 17.9 Å². The Bertz CT molecular complexity index is 1100. The van der Waals surface area contributed by atoms with Gasteiger partial charge in [0.15, 0.2) is 11.4 Å². The minimum Gasteiger partial charge on any atom is -0.490 e. The highest BCUT2D eigenvalue weighted by Gasteiger charge is 2.43. The summed E-state index contributed by atoms with van der Waals surface area (Å²) in [7, 11) is 0. The second-order valence-corrected chi connectivity index (χ2v) is 8.78. The maximum Gasteiger partial charge on any atom is 0.389 e. The zero-order valence-corrected chi connectivity index (χ0v) is 18.3. The van der Waals surface area contributed by atoms with Gasteiger partial charge in [-0.2, -0.15) is 18.2 Å². The second kappa shape index (κ2) is 8.68. The molecule has 8 nitrogen and oxygen atoms in total. The fraction of sp³-hybridized carbons (Fsp3) is 0.545. The quantitative estimate of drug-likeness (QED) is 0.535. The number of aryl methyl sites for hydroxylation is 1. The third kappa shape index (κ3) is 4.81. The van der Waals surface area contributed by atoms with E-state index in [9.17, 15) is 13.2 Å². The van der Waals surface area contributed by atoms with E-state index in [1.165, 1.54) is 0 Å². The lowest BCUT2D eigenvalue weighted by Crippen LogP contribution is -2.48. The average Bonchev–Trinajstić information content (AvgIpc) is 3.27. The topological polar surface area (TPSA) is 80.5 Å². The Hall–Kier alpha value is -3.11. The summed E-state index contributed by atoms with van der Waals surface area (Å²) in [6, 6.07) is 5.67.